The van der Waals surface area contributed by atoms with Crippen LogP contribution in [0.5, 0.6) is 5.75 Å². The molecule has 0 spiro atoms. The summed E-state index contributed by atoms with van der Waals surface area (Å²) in [4.78, 5) is 12.2. The maximum atomic E-state index is 12.2. The van der Waals surface area contributed by atoms with Gasteiger partial charge in [0, 0.05) is 0 Å². The molecule has 1 atom stereocenters. The number of benzene rings is 1. The number of hydrogen-bond acceptors (Lipinski definition) is 3. The molecular formula is C19H30O3. The van der Waals surface area contributed by atoms with Crippen molar-refractivity contribution in [2.45, 2.75) is 58.8 Å². The fourth-order valence-electron chi connectivity index (χ4n) is 2.58. The normalized spacial score (nSPS) is 12.2. The molecule has 0 fully saturated rings. The number of hydrogen-bond donors (Lipinski definition) is 0. The van der Waals surface area contributed by atoms with Crippen LogP contribution in [0.2, 0.25) is 0 Å². The molecule has 0 aliphatic carbocycles. The Hall–Kier alpha value is -1.51. The summed E-state index contributed by atoms with van der Waals surface area (Å²) in [7, 11) is 1.65. The van der Waals surface area contributed by atoms with Gasteiger partial charge in [0.25, 0.3) is 0 Å². The Morgan fingerprint density at radius 1 is 1.05 bits per heavy atom. The van der Waals surface area contributed by atoms with Gasteiger partial charge in [-0.3, -0.25) is 4.79 Å². The fraction of sp³-hybridized carbons (Fsp3) is 0.632. The van der Waals surface area contributed by atoms with Gasteiger partial charge in [-0.05, 0) is 37.0 Å². The predicted octanol–water partition coefficient (Wildman–Crippen LogP) is 4.95. The van der Waals surface area contributed by atoms with Crippen LogP contribution in [0.15, 0.2) is 24.3 Å². The lowest BCUT2D eigenvalue weighted by atomic mass is 9.92. The average Bonchev–Trinajstić information content (AvgIpc) is 2.51. The van der Waals surface area contributed by atoms with Crippen LogP contribution in [0.4, 0.5) is 0 Å². The molecule has 0 aromatic heterocycles. The third kappa shape index (κ3) is 6.50. The van der Waals surface area contributed by atoms with Crippen molar-refractivity contribution in [1.82, 2.24) is 0 Å². The van der Waals surface area contributed by atoms with Gasteiger partial charge in [-0.25, -0.2) is 0 Å². The van der Waals surface area contributed by atoms with Gasteiger partial charge in [0.05, 0.1) is 19.6 Å². The maximum absolute atomic E-state index is 12.2. The van der Waals surface area contributed by atoms with Crippen molar-refractivity contribution in [2.75, 3.05) is 13.7 Å². The van der Waals surface area contributed by atoms with Crippen LogP contribution < -0.4 is 4.74 Å². The minimum absolute atomic E-state index is 0.114. The van der Waals surface area contributed by atoms with Crippen molar-refractivity contribution in [3.05, 3.63) is 29.8 Å². The molecule has 1 unspecified atom stereocenters. The molecule has 22 heavy (non-hydrogen) atoms. The van der Waals surface area contributed by atoms with E-state index in [1.54, 1.807) is 7.11 Å². The van der Waals surface area contributed by atoms with Gasteiger partial charge in [-0.1, -0.05) is 51.7 Å². The molecule has 0 aliphatic rings. The molecule has 0 N–H and O–H groups in total. The van der Waals surface area contributed by atoms with E-state index in [0.29, 0.717) is 6.61 Å². The molecule has 1 rings (SSSR count). The highest BCUT2D eigenvalue weighted by Crippen LogP contribution is 2.26. The van der Waals surface area contributed by atoms with Gasteiger partial charge in [-0.15, -0.1) is 0 Å². The van der Waals surface area contributed by atoms with Gasteiger partial charge in [0.2, 0.25) is 0 Å². The first-order valence-electron chi connectivity index (χ1n) is 8.39. The first kappa shape index (κ1) is 18.5. The zero-order chi connectivity index (χ0) is 16.4. The molecular weight excluding hydrogens is 276 g/mol. The summed E-state index contributed by atoms with van der Waals surface area (Å²) in [6.45, 7) is 6.78. The quantitative estimate of drug-likeness (QED) is 0.453. The van der Waals surface area contributed by atoms with Gasteiger partial charge in [-0.2, -0.15) is 0 Å². The van der Waals surface area contributed by atoms with Crippen LogP contribution in [-0.2, 0) is 9.53 Å². The number of carbonyl (C=O) groups is 1. The van der Waals surface area contributed by atoms with Gasteiger partial charge in [0.15, 0.2) is 0 Å². The number of carbonyl (C=O) groups excluding carboxylic acids is 1. The Morgan fingerprint density at radius 2 is 1.68 bits per heavy atom. The Labute approximate surface area is 135 Å². The van der Waals surface area contributed by atoms with Crippen LogP contribution in [0.3, 0.4) is 0 Å². The fourth-order valence-corrected chi connectivity index (χ4v) is 2.58. The van der Waals surface area contributed by atoms with Crippen molar-refractivity contribution >= 4 is 5.97 Å². The summed E-state index contributed by atoms with van der Waals surface area (Å²) < 4.78 is 10.4. The molecule has 3 nitrogen and oxygen atoms in total. The zero-order valence-corrected chi connectivity index (χ0v) is 14.4. The van der Waals surface area contributed by atoms with Crippen molar-refractivity contribution < 1.29 is 14.3 Å². The van der Waals surface area contributed by atoms with Crippen LogP contribution in [-0.4, -0.2) is 19.7 Å². The van der Waals surface area contributed by atoms with Gasteiger partial charge >= 0.3 is 5.97 Å². The summed E-state index contributed by atoms with van der Waals surface area (Å²) in [6.07, 6.45) is 5.57. The number of unbranched alkanes of at least 4 members (excludes halogenated alkanes) is 2. The summed E-state index contributed by atoms with van der Waals surface area (Å²) in [5.41, 5.74) is 1.02. The number of esters is 1. The van der Waals surface area contributed by atoms with Crippen LogP contribution in [0.1, 0.15) is 64.4 Å². The van der Waals surface area contributed by atoms with E-state index in [4.69, 9.17) is 9.47 Å². The van der Waals surface area contributed by atoms with E-state index in [2.05, 4.69) is 13.8 Å². The minimum Gasteiger partial charge on any atom is -0.497 e. The lowest BCUT2D eigenvalue weighted by molar-refractivity contribution is -0.145. The van der Waals surface area contributed by atoms with Crippen molar-refractivity contribution in [1.29, 1.82) is 0 Å². The number of rotatable bonds is 10. The van der Waals surface area contributed by atoms with E-state index in [9.17, 15) is 4.79 Å². The third-order valence-electron chi connectivity index (χ3n) is 3.86. The molecule has 0 heterocycles. The smallest absolute Gasteiger partial charge is 0.313 e. The summed E-state index contributed by atoms with van der Waals surface area (Å²) in [5, 5.41) is 0. The zero-order valence-electron chi connectivity index (χ0n) is 14.4. The Bertz CT molecular complexity index is 423. The predicted molar refractivity (Wildman–Crippen MR) is 90.3 cm³/mol. The molecule has 1 aromatic rings. The summed E-state index contributed by atoms with van der Waals surface area (Å²) >= 11 is 0. The lowest BCUT2D eigenvalue weighted by Gasteiger charge is -2.16. The first-order valence-corrected chi connectivity index (χ1v) is 8.39. The molecule has 0 saturated carbocycles. The van der Waals surface area contributed by atoms with Crippen LogP contribution in [0.25, 0.3) is 0 Å². The first-order chi connectivity index (χ1) is 10.6. The molecule has 0 bridgehead atoms. The number of methoxy groups -OCH3 is 1. The van der Waals surface area contributed by atoms with Gasteiger partial charge in [0.1, 0.15) is 5.75 Å². The highest BCUT2D eigenvalue weighted by molar-refractivity contribution is 5.78. The molecule has 3 heteroatoms. The Balaban J connectivity index is 2.61. The highest BCUT2D eigenvalue weighted by atomic mass is 16.5. The largest absolute Gasteiger partial charge is 0.497 e. The molecule has 0 amide bonds. The Morgan fingerprint density at radius 3 is 2.23 bits per heavy atom. The van der Waals surface area contributed by atoms with E-state index in [-0.39, 0.29) is 11.9 Å². The Kier molecular flexibility index (Phi) is 8.64. The van der Waals surface area contributed by atoms with Crippen molar-refractivity contribution in [3.63, 3.8) is 0 Å². The lowest BCUT2D eigenvalue weighted by Crippen LogP contribution is -2.16. The van der Waals surface area contributed by atoms with E-state index < -0.39 is 0 Å². The van der Waals surface area contributed by atoms with Crippen molar-refractivity contribution in [3.8, 4) is 5.75 Å². The summed E-state index contributed by atoms with van der Waals surface area (Å²) in [6, 6.07) is 7.74. The second kappa shape index (κ2) is 10.3. The van der Waals surface area contributed by atoms with Crippen molar-refractivity contribution in [2.24, 2.45) is 5.92 Å². The minimum atomic E-state index is -0.162. The molecule has 124 valence electrons. The van der Waals surface area contributed by atoms with Crippen LogP contribution in [0, 0.1) is 5.92 Å². The maximum Gasteiger partial charge on any atom is 0.313 e. The molecule has 0 saturated heterocycles. The van der Waals surface area contributed by atoms with E-state index in [0.717, 1.165) is 30.1 Å². The van der Waals surface area contributed by atoms with Gasteiger partial charge < -0.3 is 9.47 Å². The SMILES string of the molecule is CCOC(=O)C(CCCCCC(C)C)c1ccc(OC)cc1. The van der Waals surface area contributed by atoms with Crippen LogP contribution >= 0.6 is 0 Å². The third-order valence-corrected chi connectivity index (χ3v) is 3.86. The second-order valence-electron chi connectivity index (χ2n) is 6.11. The standard InChI is InChI=1S/C19H30O3/c1-5-22-19(20)18(10-8-6-7-9-15(2)3)16-11-13-17(21-4)14-12-16/h11-15,18H,5-10H2,1-4H3. The van der Waals surface area contributed by atoms with E-state index in [1.807, 2.05) is 31.2 Å². The summed E-state index contributed by atoms with van der Waals surface area (Å²) in [5.74, 6) is 1.28. The second-order valence-corrected chi connectivity index (χ2v) is 6.11. The average molecular weight is 306 g/mol. The monoisotopic (exact) mass is 306 g/mol. The van der Waals surface area contributed by atoms with E-state index >= 15 is 0 Å². The molecule has 1 aromatic carbocycles. The molecule has 0 radical (unpaired) electrons. The van der Waals surface area contributed by atoms with E-state index in [1.165, 1.54) is 19.3 Å². The highest BCUT2D eigenvalue weighted by Gasteiger charge is 2.21. The molecule has 0 aliphatic heterocycles. The number of ether oxygens (including phenoxy) is 2. The topological polar surface area (TPSA) is 35.5 Å².